The summed E-state index contributed by atoms with van der Waals surface area (Å²) in [5.41, 5.74) is 0. The van der Waals surface area contributed by atoms with Crippen LogP contribution in [0.3, 0.4) is 0 Å². The predicted octanol–water partition coefficient (Wildman–Crippen LogP) is 0.341. The molecule has 10 heteroatoms. The lowest BCUT2D eigenvalue weighted by molar-refractivity contribution is 0.309. The van der Waals surface area contributed by atoms with Crippen LogP contribution in [-0.2, 0) is 20.0 Å². The van der Waals surface area contributed by atoms with Gasteiger partial charge in [0.2, 0.25) is 20.0 Å². The smallest absolute Gasteiger partial charge is 0.244 e. The van der Waals surface area contributed by atoms with Gasteiger partial charge in [-0.3, -0.25) is 0 Å². The highest BCUT2D eigenvalue weighted by Gasteiger charge is 2.33. The molecule has 1 aliphatic rings. The van der Waals surface area contributed by atoms with E-state index in [-0.39, 0.29) is 28.2 Å². The topological polar surface area (TPSA) is 86.8 Å². The fourth-order valence-electron chi connectivity index (χ4n) is 2.33. The molecule has 0 bridgehead atoms. The van der Waals surface area contributed by atoms with Gasteiger partial charge in [0.25, 0.3) is 0 Å². The first-order valence-corrected chi connectivity index (χ1v) is 9.80. The van der Waals surface area contributed by atoms with Gasteiger partial charge in [0.15, 0.2) is 0 Å². The molecule has 23 heavy (non-hydrogen) atoms. The number of sulfonamides is 2. The molecule has 1 unspecified atom stereocenters. The Bertz CT molecular complexity index is 750. The quantitative estimate of drug-likeness (QED) is 0.810. The first kappa shape index (κ1) is 20.3. The molecule has 1 saturated heterocycles. The summed E-state index contributed by atoms with van der Waals surface area (Å²) in [7, 11) is -4.92. The van der Waals surface area contributed by atoms with Crippen molar-refractivity contribution in [3.05, 3.63) is 24.3 Å². The lowest BCUT2D eigenvalue weighted by Crippen LogP contribution is -2.51. The summed E-state index contributed by atoms with van der Waals surface area (Å²) < 4.78 is 52.8. The zero-order valence-electron chi connectivity index (χ0n) is 13.3. The van der Waals surface area contributed by atoms with Crippen molar-refractivity contribution in [2.75, 3.05) is 33.7 Å². The SMILES string of the molecule is CC1CN(S(=O)(=O)c2ccccc2S(=O)(=O)N(C)C)CCN1.Cl. The van der Waals surface area contributed by atoms with E-state index in [2.05, 4.69) is 5.32 Å². The largest absolute Gasteiger partial charge is 0.312 e. The predicted molar refractivity (Wildman–Crippen MR) is 90.8 cm³/mol. The summed E-state index contributed by atoms with van der Waals surface area (Å²) in [4.78, 5) is -0.357. The van der Waals surface area contributed by atoms with Gasteiger partial charge >= 0.3 is 0 Å². The fourth-order valence-corrected chi connectivity index (χ4v) is 5.53. The molecule has 7 nitrogen and oxygen atoms in total. The number of halogens is 1. The second kappa shape index (κ2) is 7.45. The summed E-state index contributed by atoms with van der Waals surface area (Å²) in [6.07, 6.45) is 0. The second-order valence-corrected chi connectivity index (χ2v) is 9.48. The fraction of sp³-hybridized carbons (Fsp3) is 0.538. The van der Waals surface area contributed by atoms with E-state index in [0.29, 0.717) is 19.6 Å². The lowest BCUT2D eigenvalue weighted by Gasteiger charge is -2.31. The van der Waals surface area contributed by atoms with Crippen LogP contribution in [0.15, 0.2) is 34.1 Å². The Kier molecular flexibility index (Phi) is 6.59. The highest BCUT2D eigenvalue weighted by Crippen LogP contribution is 2.26. The van der Waals surface area contributed by atoms with Crippen molar-refractivity contribution in [2.24, 2.45) is 0 Å². The van der Waals surface area contributed by atoms with Crippen molar-refractivity contribution in [1.29, 1.82) is 0 Å². The number of hydrogen-bond donors (Lipinski definition) is 1. The summed E-state index contributed by atoms with van der Waals surface area (Å²) in [6, 6.07) is 5.76. The molecule has 0 saturated carbocycles. The summed E-state index contributed by atoms with van der Waals surface area (Å²) in [5, 5.41) is 3.17. The number of hydrogen-bond acceptors (Lipinski definition) is 5. The van der Waals surface area contributed by atoms with Gasteiger partial charge in [-0.25, -0.2) is 21.1 Å². The van der Waals surface area contributed by atoms with E-state index < -0.39 is 20.0 Å². The van der Waals surface area contributed by atoms with Crippen LogP contribution in [0.25, 0.3) is 0 Å². The Labute approximate surface area is 144 Å². The molecule has 1 N–H and O–H groups in total. The van der Waals surface area contributed by atoms with Crippen molar-refractivity contribution in [1.82, 2.24) is 13.9 Å². The average molecular weight is 384 g/mol. The zero-order chi connectivity index (χ0) is 16.5. The Morgan fingerprint density at radius 2 is 1.70 bits per heavy atom. The Morgan fingerprint density at radius 3 is 2.22 bits per heavy atom. The molecule has 1 fully saturated rings. The van der Waals surface area contributed by atoms with Crippen LogP contribution in [0.1, 0.15) is 6.92 Å². The number of nitrogens with zero attached hydrogens (tertiary/aromatic N) is 2. The summed E-state index contributed by atoms with van der Waals surface area (Å²) >= 11 is 0. The van der Waals surface area contributed by atoms with Crippen LogP contribution in [0.2, 0.25) is 0 Å². The van der Waals surface area contributed by atoms with Crippen molar-refractivity contribution in [3.8, 4) is 0 Å². The molecule has 0 spiro atoms. The van der Waals surface area contributed by atoms with Crippen LogP contribution < -0.4 is 5.32 Å². The first-order chi connectivity index (χ1) is 10.2. The van der Waals surface area contributed by atoms with Gasteiger partial charge in [-0.05, 0) is 19.1 Å². The van der Waals surface area contributed by atoms with E-state index in [1.54, 1.807) is 0 Å². The third kappa shape index (κ3) is 4.04. The molecule has 1 atom stereocenters. The Balaban J connectivity index is 0.00000264. The lowest BCUT2D eigenvalue weighted by atomic mass is 10.3. The normalized spacial score (nSPS) is 20.3. The average Bonchev–Trinajstić information content (AvgIpc) is 2.47. The van der Waals surface area contributed by atoms with E-state index in [4.69, 9.17) is 0 Å². The first-order valence-electron chi connectivity index (χ1n) is 6.92. The number of benzene rings is 1. The van der Waals surface area contributed by atoms with Gasteiger partial charge in [0, 0.05) is 39.8 Å². The molecular weight excluding hydrogens is 362 g/mol. The maximum atomic E-state index is 12.8. The third-order valence-corrected chi connectivity index (χ3v) is 7.48. The van der Waals surface area contributed by atoms with Crippen molar-refractivity contribution in [2.45, 2.75) is 22.8 Å². The van der Waals surface area contributed by atoms with Crippen LogP contribution in [0, 0.1) is 0 Å². The maximum absolute atomic E-state index is 12.8. The molecule has 1 aromatic rings. The third-order valence-electron chi connectivity index (χ3n) is 3.56. The Morgan fingerprint density at radius 1 is 1.13 bits per heavy atom. The minimum Gasteiger partial charge on any atom is -0.312 e. The minimum atomic E-state index is -3.85. The molecule has 0 amide bonds. The van der Waals surface area contributed by atoms with Gasteiger partial charge in [0.1, 0.15) is 9.79 Å². The van der Waals surface area contributed by atoms with E-state index in [1.807, 2.05) is 6.92 Å². The molecule has 1 aliphatic heterocycles. The second-order valence-electron chi connectivity index (χ2n) is 5.45. The molecule has 132 valence electrons. The zero-order valence-corrected chi connectivity index (χ0v) is 15.7. The maximum Gasteiger partial charge on any atom is 0.244 e. The molecule has 1 heterocycles. The molecule has 1 aromatic carbocycles. The molecular formula is C13H22ClN3O4S2. The van der Waals surface area contributed by atoms with E-state index in [1.165, 1.54) is 42.7 Å². The van der Waals surface area contributed by atoms with Crippen LogP contribution >= 0.6 is 12.4 Å². The monoisotopic (exact) mass is 383 g/mol. The van der Waals surface area contributed by atoms with Gasteiger partial charge in [-0.15, -0.1) is 12.4 Å². The highest BCUT2D eigenvalue weighted by molar-refractivity contribution is 7.92. The summed E-state index contributed by atoms with van der Waals surface area (Å²) in [6.45, 7) is 3.08. The van der Waals surface area contributed by atoms with Gasteiger partial charge in [-0.2, -0.15) is 4.31 Å². The molecule has 0 aliphatic carbocycles. The minimum absolute atomic E-state index is 0. The molecule has 2 rings (SSSR count). The molecule has 0 aromatic heterocycles. The van der Waals surface area contributed by atoms with Crippen molar-refractivity contribution in [3.63, 3.8) is 0 Å². The van der Waals surface area contributed by atoms with Gasteiger partial charge in [0.05, 0.1) is 0 Å². The molecule has 0 radical (unpaired) electrons. The Hall–Kier alpha value is -0.710. The standard InChI is InChI=1S/C13H21N3O4S2.ClH/c1-11-10-16(9-8-14-11)22(19,20)13-7-5-4-6-12(13)21(17,18)15(2)3;/h4-7,11,14H,8-10H2,1-3H3;1H. The van der Waals surface area contributed by atoms with Crippen molar-refractivity contribution >= 4 is 32.5 Å². The number of rotatable bonds is 4. The van der Waals surface area contributed by atoms with E-state index in [9.17, 15) is 16.8 Å². The van der Waals surface area contributed by atoms with Crippen LogP contribution in [0.5, 0.6) is 0 Å². The van der Waals surface area contributed by atoms with E-state index >= 15 is 0 Å². The van der Waals surface area contributed by atoms with Crippen molar-refractivity contribution < 1.29 is 16.8 Å². The number of piperazine rings is 1. The van der Waals surface area contributed by atoms with Crippen LogP contribution in [-0.4, -0.2) is 65.2 Å². The van der Waals surface area contributed by atoms with Gasteiger partial charge < -0.3 is 5.32 Å². The van der Waals surface area contributed by atoms with Gasteiger partial charge in [-0.1, -0.05) is 12.1 Å². The van der Waals surface area contributed by atoms with E-state index in [0.717, 1.165) is 4.31 Å². The number of nitrogens with one attached hydrogen (secondary N) is 1. The summed E-state index contributed by atoms with van der Waals surface area (Å²) in [5.74, 6) is 0. The highest BCUT2D eigenvalue weighted by atomic mass is 35.5. The van der Waals surface area contributed by atoms with Crippen LogP contribution in [0.4, 0.5) is 0 Å².